The van der Waals surface area contributed by atoms with Crippen molar-refractivity contribution in [3.05, 3.63) is 24.0 Å². The first-order valence-electron chi connectivity index (χ1n) is 4.78. The largest absolute Gasteiger partial charge is 0.394 e. The number of nitrogens with two attached hydrogens (primary N) is 1. The standard InChI is InChI=1S/C10H17N3O2/c1-10(6-14,7-15)13-9-5-12-3-2-8(9)4-11/h2-3,5,13-15H,4,6-7,11H2,1H3. The van der Waals surface area contributed by atoms with Crippen molar-refractivity contribution in [2.75, 3.05) is 18.5 Å². The van der Waals surface area contributed by atoms with Gasteiger partial charge in [0.25, 0.3) is 0 Å². The molecule has 1 aromatic heterocycles. The second-order valence-corrected chi connectivity index (χ2v) is 3.74. The lowest BCUT2D eigenvalue weighted by molar-refractivity contribution is 0.147. The smallest absolute Gasteiger partial charge is 0.0806 e. The van der Waals surface area contributed by atoms with Gasteiger partial charge in [-0.05, 0) is 18.6 Å². The zero-order valence-electron chi connectivity index (χ0n) is 8.77. The first-order chi connectivity index (χ1) is 7.15. The van der Waals surface area contributed by atoms with Crippen molar-refractivity contribution in [3.63, 3.8) is 0 Å². The van der Waals surface area contributed by atoms with Crippen LogP contribution in [0.1, 0.15) is 12.5 Å². The molecular formula is C10H17N3O2. The van der Waals surface area contributed by atoms with Crippen LogP contribution in [0.3, 0.4) is 0 Å². The molecule has 5 heteroatoms. The van der Waals surface area contributed by atoms with E-state index in [4.69, 9.17) is 15.9 Å². The molecule has 0 aromatic carbocycles. The topological polar surface area (TPSA) is 91.4 Å². The summed E-state index contributed by atoms with van der Waals surface area (Å²) in [5.41, 5.74) is 6.44. The average Bonchev–Trinajstić information content (AvgIpc) is 2.29. The van der Waals surface area contributed by atoms with E-state index >= 15 is 0 Å². The summed E-state index contributed by atoms with van der Waals surface area (Å²) in [5.74, 6) is 0. The Kier molecular flexibility index (Phi) is 4.02. The summed E-state index contributed by atoms with van der Waals surface area (Å²) in [4.78, 5) is 3.96. The van der Waals surface area contributed by atoms with Crippen molar-refractivity contribution in [1.29, 1.82) is 0 Å². The van der Waals surface area contributed by atoms with E-state index in [-0.39, 0.29) is 13.2 Å². The first kappa shape index (κ1) is 11.9. The van der Waals surface area contributed by atoms with Gasteiger partial charge < -0.3 is 21.3 Å². The van der Waals surface area contributed by atoms with Gasteiger partial charge in [-0.1, -0.05) is 0 Å². The number of nitrogens with one attached hydrogen (secondary N) is 1. The zero-order chi connectivity index (χ0) is 11.3. The van der Waals surface area contributed by atoms with Crippen LogP contribution in [0.5, 0.6) is 0 Å². The fourth-order valence-electron chi connectivity index (χ4n) is 1.17. The number of anilines is 1. The third-order valence-corrected chi connectivity index (χ3v) is 2.27. The predicted octanol–water partition coefficient (Wildman–Crippen LogP) is -0.304. The van der Waals surface area contributed by atoms with Crippen molar-refractivity contribution >= 4 is 5.69 Å². The summed E-state index contributed by atoms with van der Waals surface area (Å²) in [7, 11) is 0. The maximum absolute atomic E-state index is 9.14. The number of hydrogen-bond acceptors (Lipinski definition) is 5. The number of hydrogen-bond donors (Lipinski definition) is 4. The molecule has 84 valence electrons. The third kappa shape index (κ3) is 2.89. The molecule has 0 amide bonds. The minimum atomic E-state index is -0.757. The minimum absolute atomic E-state index is 0.164. The Morgan fingerprint density at radius 1 is 1.47 bits per heavy atom. The third-order valence-electron chi connectivity index (χ3n) is 2.27. The van der Waals surface area contributed by atoms with Crippen LogP contribution >= 0.6 is 0 Å². The first-order valence-corrected chi connectivity index (χ1v) is 4.78. The fraction of sp³-hybridized carbons (Fsp3) is 0.500. The van der Waals surface area contributed by atoms with Gasteiger partial charge in [-0.15, -0.1) is 0 Å². The van der Waals surface area contributed by atoms with Gasteiger partial charge in [-0.25, -0.2) is 0 Å². The van der Waals surface area contributed by atoms with Crippen LogP contribution in [0.15, 0.2) is 18.5 Å². The molecule has 0 unspecified atom stereocenters. The Morgan fingerprint density at radius 2 is 2.13 bits per heavy atom. The van der Waals surface area contributed by atoms with Crippen LogP contribution in [-0.2, 0) is 6.54 Å². The number of rotatable bonds is 5. The van der Waals surface area contributed by atoms with Crippen LogP contribution < -0.4 is 11.1 Å². The summed E-state index contributed by atoms with van der Waals surface area (Å²) in [6.07, 6.45) is 3.29. The van der Waals surface area contributed by atoms with Crippen molar-refractivity contribution in [3.8, 4) is 0 Å². The molecule has 5 N–H and O–H groups in total. The highest BCUT2D eigenvalue weighted by molar-refractivity contribution is 5.50. The molecular weight excluding hydrogens is 194 g/mol. The van der Waals surface area contributed by atoms with Gasteiger partial charge in [0.2, 0.25) is 0 Å². The van der Waals surface area contributed by atoms with E-state index in [0.29, 0.717) is 6.54 Å². The van der Waals surface area contributed by atoms with Gasteiger partial charge in [0, 0.05) is 12.7 Å². The van der Waals surface area contributed by atoms with Gasteiger partial charge in [-0.2, -0.15) is 0 Å². The van der Waals surface area contributed by atoms with E-state index in [1.54, 1.807) is 25.4 Å². The van der Waals surface area contributed by atoms with Crippen molar-refractivity contribution < 1.29 is 10.2 Å². The Balaban J connectivity index is 2.87. The second-order valence-electron chi connectivity index (χ2n) is 3.74. The number of aliphatic hydroxyl groups is 2. The molecule has 0 spiro atoms. The van der Waals surface area contributed by atoms with E-state index in [1.165, 1.54) is 0 Å². The second kappa shape index (κ2) is 5.06. The highest BCUT2D eigenvalue weighted by atomic mass is 16.3. The molecule has 15 heavy (non-hydrogen) atoms. The Bertz CT molecular complexity index is 313. The monoisotopic (exact) mass is 211 g/mol. The normalized spacial score (nSPS) is 11.5. The Labute approximate surface area is 89.0 Å². The number of pyridine rings is 1. The Morgan fingerprint density at radius 3 is 2.67 bits per heavy atom. The summed E-state index contributed by atoms with van der Waals surface area (Å²) >= 11 is 0. The zero-order valence-corrected chi connectivity index (χ0v) is 8.77. The molecule has 5 nitrogen and oxygen atoms in total. The Hall–Kier alpha value is -1.17. The van der Waals surface area contributed by atoms with Crippen molar-refractivity contribution in [1.82, 2.24) is 4.98 Å². The molecule has 0 atom stereocenters. The van der Waals surface area contributed by atoms with Gasteiger partial charge in [-0.3, -0.25) is 4.98 Å². The summed E-state index contributed by atoms with van der Waals surface area (Å²) < 4.78 is 0. The number of nitrogens with zero attached hydrogens (tertiary/aromatic N) is 1. The lowest BCUT2D eigenvalue weighted by Crippen LogP contribution is -2.42. The lowest BCUT2D eigenvalue weighted by atomic mass is 10.0. The van der Waals surface area contributed by atoms with Crippen molar-refractivity contribution in [2.45, 2.75) is 19.0 Å². The number of aliphatic hydroxyl groups excluding tert-OH is 2. The van der Waals surface area contributed by atoms with E-state index in [1.807, 2.05) is 0 Å². The summed E-state index contributed by atoms with van der Waals surface area (Å²) in [6, 6.07) is 1.80. The van der Waals surface area contributed by atoms with Crippen LogP contribution in [-0.4, -0.2) is 33.9 Å². The summed E-state index contributed by atoms with van der Waals surface area (Å²) in [6.45, 7) is 1.78. The fourth-order valence-corrected chi connectivity index (χ4v) is 1.17. The molecule has 1 heterocycles. The molecule has 0 fully saturated rings. The summed E-state index contributed by atoms with van der Waals surface area (Å²) in [5, 5.41) is 21.3. The molecule has 1 aromatic rings. The molecule has 1 rings (SSSR count). The quantitative estimate of drug-likeness (QED) is 0.536. The maximum Gasteiger partial charge on any atom is 0.0806 e. The predicted molar refractivity (Wildman–Crippen MR) is 58.3 cm³/mol. The highest BCUT2D eigenvalue weighted by Crippen LogP contribution is 2.18. The minimum Gasteiger partial charge on any atom is -0.394 e. The molecule has 0 radical (unpaired) electrons. The number of aromatic nitrogens is 1. The van der Waals surface area contributed by atoms with E-state index in [2.05, 4.69) is 10.3 Å². The SMILES string of the molecule is CC(CO)(CO)Nc1cnccc1CN. The van der Waals surface area contributed by atoms with Crippen LogP contribution in [0, 0.1) is 0 Å². The van der Waals surface area contributed by atoms with Gasteiger partial charge in [0.05, 0.1) is 30.6 Å². The molecule has 0 aliphatic heterocycles. The highest BCUT2D eigenvalue weighted by Gasteiger charge is 2.22. The van der Waals surface area contributed by atoms with E-state index in [9.17, 15) is 0 Å². The van der Waals surface area contributed by atoms with Crippen molar-refractivity contribution in [2.24, 2.45) is 5.73 Å². The molecule has 0 saturated heterocycles. The molecule has 0 saturated carbocycles. The van der Waals surface area contributed by atoms with Gasteiger partial charge in [0.15, 0.2) is 0 Å². The van der Waals surface area contributed by atoms with Gasteiger partial charge in [0.1, 0.15) is 0 Å². The lowest BCUT2D eigenvalue weighted by Gasteiger charge is -2.28. The average molecular weight is 211 g/mol. The molecule has 0 aliphatic rings. The van der Waals surface area contributed by atoms with Crippen LogP contribution in [0.25, 0.3) is 0 Å². The maximum atomic E-state index is 9.14. The van der Waals surface area contributed by atoms with Crippen LogP contribution in [0.4, 0.5) is 5.69 Å². The van der Waals surface area contributed by atoms with Crippen LogP contribution in [0.2, 0.25) is 0 Å². The van der Waals surface area contributed by atoms with E-state index < -0.39 is 5.54 Å². The molecule has 0 bridgehead atoms. The van der Waals surface area contributed by atoms with Gasteiger partial charge >= 0.3 is 0 Å². The molecule has 0 aliphatic carbocycles. The van der Waals surface area contributed by atoms with E-state index in [0.717, 1.165) is 11.3 Å².